The molecule has 1 fully saturated rings. The molecule has 1 amide bonds. The highest BCUT2D eigenvalue weighted by molar-refractivity contribution is 6.30. The average Bonchev–Trinajstić information content (AvgIpc) is 3.46. The first-order valence-corrected chi connectivity index (χ1v) is 11.2. The Balaban J connectivity index is 1.29. The molecule has 0 spiro atoms. The van der Waals surface area contributed by atoms with Crippen LogP contribution in [0, 0.1) is 0 Å². The highest BCUT2D eigenvalue weighted by atomic mass is 35.5. The van der Waals surface area contributed by atoms with Crippen LogP contribution in [0.2, 0.25) is 5.02 Å². The maximum Gasteiger partial charge on any atom is 0.253 e. The predicted octanol–water partition coefficient (Wildman–Crippen LogP) is 5.34. The molecule has 0 bridgehead atoms. The summed E-state index contributed by atoms with van der Waals surface area (Å²) < 4.78 is 7.61. The van der Waals surface area contributed by atoms with Crippen LogP contribution in [0.15, 0.2) is 53.2 Å². The summed E-state index contributed by atoms with van der Waals surface area (Å²) >= 11 is 5.93. The fraction of sp³-hybridized carbons (Fsp3) is 0.333. The Kier molecular flexibility index (Phi) is 5.43. The van der Waals surface area contributed by atoms with Crippen LogP contribution < -0.4 is 0 Å². The molecular formula is C24H24ClN5O2. The monoisotopic (exact) mass is 449 g/mol. The van der Waals surface area contributed by atoms with Crippen molar-refractivity contribution in [3.05, 3.63) is 65.1 Å². The SMILES string of the molecule is CC(C)n1ncc2ccc(-c3noc(C4CCN(C(=O)c5ccc(Cl)cc5)CC4)n3)cc21. The Morgan fingerprint density at radius 1 is 1.12 bits per heavy atom. The van der Waals surface area contributed by atoms with E-state index in [2.05, 4.69) is 35.2 Å². The zero-order valence-corrected chi connectivity index (χ0v) is 18.8. The Bertz CT molecular complexity index is 1250. The first-order valence-electron chi connectivity index (χ1n) is 10.9. The van der Waals surface area contributed by atoms with E-state index in [1.807, 2.05) is 27.9 Å². The number of hydrogen-bond acceptors (Lipinski definition) is 5. The van der Waals surface area contributed by atoms with Crippen molar-refractivity contribution in [1.29, 1.82) is 0 Å². The van der Waals surface area contributed by atoms with Crippen LogP contribution in [0.5, 0.6) is 0 Å². The van der Waals surface area contributed by atoms with Gasteiger partial charge in [-0.15, -0.1) is 0 Å². The third kappa shape index (κ3) is 3.88. The molecule has 2 aromatic carbocycles. The number of aromatic nitrogens is 4. The van der Waals surface area contributed by atoms with Crippen LogP contribution in [0.25, 0.3) is 22.3 Å². The molecule has 0 unspecified atom stereocenters. The maximum atomic E-state index is 12.7. The van der Waals surface area contributed by atoms with Crippen LogP contribution in [0.3, 0.4) is 0 Å². The lowest BCUT2D eigenvalue weighted by Gasteiger charge is -2.30. The number of hydrogen-bond donors (Lipinski definition) is 0. The van der Waals surface area contributed by atoms with E-state index in [0.29, 0.717) is 35.4 Å². The number of amides is 1. The number of carbonyl (C=O) groups is 1. The van der Waals surface area contributed by atoms with Crippen molar-refractivity contribution >= 4 is 28.4 Å². The molecule has 1 aliphatic rings. The fourth-order valence-corrected chi connectivity index (χ4v) is 4.34. The maximum absolute atomic E-state index is 12.7. The lowest BCUT2D eigenvalue weighted by atomic mass is 9.96. The Labute approximate surface area is 191 Å². The molecule has 0 radical (unpaired) electrons. The van der Waals surface area contributed by atoms with Crippen molar-refractivity contribution in [2.45, 2.75) is 38.6 Å². The van der Waals surface area contributed by atoms with Crippen molar-refractivity contribution in [1.82, 2.24) is 24.8 Å². The van der Waals surface area contributed by atoms with E-state index in [-0.39, 0.29) is 17.9 Å². The van der Waals surface area contributed by atoms with Gasteiger partial charge in [0.15, 0.2) is 0 Å². The molecule has 164 valence electrons. The minimum Gasteiger partial charge on any atom is -0.339 e. The summed E-state index contributed by atoms with van der Waals surface area (Å²) in [5, 5.41) is 10.4. The van der Waals surface area contributed by atoms with Gasteiger partial charge in [0.25, 0.3) is 5.91 Å². The van der Waals surface area contributed by atoms with Gasteiger partial charge >= 0.3 is 0 Å². The summed E-state index contributed by atoms with van der Waals surface area (Å²) in [7, 11) is 0. The third-order valence-corrected chi connectivity index (χ3v) is 6.26. The predicted molar refractivity (Wildman–Crippen MR) is 123 cm³/mol. The fourth-order valence-electron chi connectivity index (χ4n) is 4.21. The topological polar surface area (TPSA) is 77.0 Å². The van der Waals surface area contributed by atoms with E-state index >= 15 is 0 Å². The van der Waals surface area contributed by atoms with Gasteiger partial charge in [-0.2, -0.15) is 10.1 Å². The molecule has 1 saturated heterocycles. The third-order valence-electron chi connectivity index (χ3n) is 6.01. The molecule has 0 aliphatic carbocycles. The van der Waals surface area contributed by atoms with Gasteiger partial charge in [0.1, 0.15) is 0 Å². The van der Waals surface area contributed by atoms with Crippen LogP contribution in [-0.2, 0) is 0 Å². The van der Waals surface area contributed by atoms with Gasteiger partial charge in [0, 0.05) is 46.6 Å². The lowest BCUT2D eigenvalue weighted by Crippen LogP contribution is -2.37. The zero-order valence-electron chi connectivity index (χ0n) is 18.0. The molecule has 0 atom stereocenters. The number of halogens is 1. The zero-order chi connectivity index (χ0) is 22.2. The number of fused-ring (bicyclic) bond motifs is 1. The standard InChI is InChI=1S/C24H24ClN5O2/c1-15(2)30-21-13-18(3-4-19(21)14-26-30)22-27-23(32-28-22)16-9-11-29(12-10-16)24(31)17-5-7-20(25)8-6-17/h3-8,13-16H,9-12H2,1-2H3. The number of likely N-dealkylation sites (tertiary alicyclic amines) is 1. The number of benzene rings is 2. The van der Waals surface area contributed by atoms with Crippen LogP contribution in [0.1, 0.15) is 54.9 Å². The highest BCUT2D eigenvalue weighted by Crippen LogP contribution is 2.30. The van der Waals surface area contributed by atoms with Gasteiger partial charge in [-0.3, -0.25) is 9.48 Å². The van der Waals surface area contributed by atoms with Crippen molar-refractivity contribution in [2.24, 2.45) is 0 Å². The van der Waals surface area contributed by atoms with Crippen LogP contribution in [0.4, 0.5) is 0 Å². The van der Waals surface area contributed by atoms with Crippen LogP contribution in [-0.4, -0.2) is 43.8 Å². The summed E-state index contributed by atoms with van der Waals surface area (Å²) in [6.07, 6.45) is 3.46. The Morgan fingerprint density at radius 3 is 2.59 bits per heavy atom. The smallest absolute Gasteiger partial charge is 0.253 e. The average molecular weight is 450 g/mol. The molecule has 8 heteroatoms. The summed E-state index contributed by atoms with van der Waals surface area (Å²) in [5.74, 6) is 1.39. The van der Waals surface area contributed by atoms with Gasteiger partial charge in [0.05, 0.1) is 11.7 Å². The second-order valence-corrected chi connectivity index (χ2v) is 8.92. The molecule has 5 rings (SSSR count). The molecule has 0 N–H and O–H groups in total. The molecule has 0 saturated carbocycles. The van der Waals surface area contributed by atoms with Gasteiger partial charge in [-0.1, -0.05) is 28.9 Å². The number of nitrogens with zero attached hydrogens (tertiary/aromatic N) is 5. The van der Waals surface area contributed by atoms with Crippen molar-refractivity contribution < 1.29 is 9.32 Å². The Hall–Kier alpha value is -3.19. The minimum absolute atomic E-state index is 0.0291. The normalized spacial score (nSPS) is 15.1. The molecule has 2 aromatic heterocycles. The first kappa shape index (κ1) is 20.7. The summed E-state index contributed by atoms with van der Waals surface area (Å²) in [5.41, 5.74) is 2.62. The molecule has 1 aliphatic heterocycles. The summed E-state index contributed by atoms with van der Waals surface area (Å²) in [6, 6.07) is 13.4. The highest BCUT2D eigenvalue weighted by Gasteiger charge is 2.28. The summed E-state index contributed by atoms with van der Waals surface area (Å²) in [6.45, 7) is 5.53. The van der Waals surface area contributed by atoms with E-state index in [4.69, 9.17) is 16.1 Å². The van der Waals surface area contributed by atoms with E-state index < -0.39 is 0 Å². The molecule has 32 heavy (non-hydrogen) atoms. The Morgan fingerprint density at radius 2 is 1.88 bits per heavy atom. The molecule has 3 heterocycles. The quantitative estimate of drug-likeness (QED) is 0.420. The second-order valence-electron chi connectivity index (χ2n) is 8.49. The first-order chi connectivity index (χ1) is 15.5. The van der Waals surface area contributed by atoms with Gasteiger partial charge in [-0.25, -0.2) is 0 Å². The van der Waals surface area contributed by atoms with E-state index in [0.717, 1.165) is 29.3 Å². The largest absolute Gasteiger partial charge is 0.339 e. The molecule has 4 aromatic rings. The molecular weight excluding hydrogens is 426 g/mol. The number of carbonyl (C=O) groups excluding carboxylic acids is 1. The van der Waals surface area contributed by atoms with E-state index in [1.54, 1.807) is 24.3 Å². The van der Waals surface area contributed by atoms with Gasteiger partial charge < -0.3 is 9.42 Å². The van der Waals surface area contributed by atoms with Crippen LogP contribution >= 0.6 is 11.6 Å². The minimum atomic E-state index is 0.0291. The summed E-state index contributed by atoms with van der Waals surface area (Å²) in [4.78, 5) is 19.3. The van der Waals surface area contributed by atoms with Gasteiger partial charge in [0.2, 0.25) is 11.7 Å². The van der Waals surface area contributed by atoms with Crippen molar-refractivity contribution in [2.75, 3.05) is 13.1 Å². The molecule has 7 nitrogen and oxygen atoms in total. The number of rotatable bonds is 4. The van der Waals surface area contributed by atoms with Gasteiger partial charge in [-0.05, 0) is 57.0 Å². The second kappa shape index (κ2) is 8.39. The van der Waals surface area contributed by atoms with Crippen molar-refractivity contribution in [3.8, 4) is 11.4 Å². The van der Waals surface area contributed by atoms with Crippen molar-refractivity contribution in [3.63, 3.8) is 0 Å². The number of piperidine rings is 1. The van der Waals surface area contributed by atoms with E-state index in [9.17, 15) is 4.79 Å². The lowest BCUT2D eigenvalue weighted by molar-refractivity contribution is 0.0704. The van der Waals surface area contributed by atoms with E-state index in [1.165, 1.54) is 0 Å².